The van der Waals surface area contributed by atoms with E-state index < -0.39 is 15.4 Å². The van der Waals surface area contributed by atoms with Gasteiger partial charge in [0, 0.05) is 22.5 Å². The SMILES string of the molecule is O=S(=O)(O)C(CCN1c2ccccc2Sc2ccccc21)c1nccc(Br)n1. The van der Waals surface area contributed by atoms with Crippen LogP contribution in [0.1, 0.15) is 17.5 Å². The first kappa shape index (κ1) is 19.4. The number of rotatable bonds is 5. The van der Waals surface area contributed by atoms with Crippen molar-refractivity contribution in [1.82, 2.24) is 9.97 Å². The topological polar surface area (TPSA) is 83.4 Å². The van der Waals surface area contributed by atoms with Crippen molar-refractivity contribution in [3.8, 4) is 0 Å². The predicted molar refractivity (Wildman–Crippen MR) is 113 cm³/mol. The van der Waals surface area contributed by atoms with E-state index in [2.05, 4.69) is 30.8 Å². The summed E-state index contributed by atoms with van der Waals surface area (Å²) in [5, 5.41) is -1.21. The summed E-state index contributed by atoms with van der Waals surface area (Å²) in [4.78, 5) is 12.5. The Kier molecular flexibility index (Phi) is 5.42. The number of anilines is 2. The summed E-state index contributed by atoms with van der Waals surface area (Å²) in [5.74, 6) is 0.0739. The zero-order valence-electron chi connectivity index (χ0n) is 14.6. The maximum Gasteiger partial charge on any atom is 0.275 e. The molecule has 0 saturated carbocycles. The van der Waals surface area contributed by atoms with Gasteiger partial charge < -0.3 is 4.90 Å². The number of nitrogens with zero attached hydrogens (tertiary/aromatic N) is 3. The quantitative estimate of drug-likeness (QED) is 0.414. The maximum absolute atomic E-state index is 12.0. The molecule has 0 spiro atoms. The number of halogens is 1. The first-order chi connectivity index (χ1) is 13.4. The number of aromatic nitrogens is 2. The highest BCUT2D eigenvalue weighted by Crippen LogP contribution is 2.48. The molecule has 0 saturated heterocycles. The number of hydrogen-bond donors (Lipinski definition) is 1. The summed E-state index contributed by atoms with van der Waals surface area (Å²) >= 11 is 4.91. The number of hydrogen-bond acceptors (Lipinski definition) is 6. The Morgan fingerprint density at radius 2 is 1.64 bits per heavy atom. The van der Waals surface area contributed by atoms with Crippen molar-refractivity contribution in [2.24, 2.45) is 0 Å². The second-order valence-corrected chi connectivity index (χ2v) is 9.71. The molecule has 0 aliphatic carbocycles. The Morgan fingerprint density at radius 1 is 1.04 bits per heavy atom. The van der Waals surface area contributed by atoms with Crippen LogP contribution in [0.2, 0.25) is 0 Å². The molecule has 28 heavy (non-hydrogen) atoms. The van der Waals surface area contributed by atoms with E-state index in [4.69, 9.17) is 0 Å². The molecule has 6 nitrogen and oxygen atoms in total. The summed E-state index contributed by atoms with van der Waals surface area (Å²) in [6, 6.07) is 17.6. The van der Waals surface area contributed by atoms with Crippen LogP contribution in [0, 0.1) is 0 Å². The highest BCUT2D eigenvalue weighted by Gasteiger charge is 2.30. The molecule has 1 aromatic heterocycles. The fourth-order valence-corrected chi connectivity index (χ4v) is 5.36. The Bertz CT molecular complexity index is 1080. The van der Waals surface area contributed by atoms with Gasteiger partial charge in [-0.15, -0.1) is 0 Å². The molecular weight excluding hydrogens is 462 g/mol. The molecule has 0 amide bonds. The van der Waals surface area contributed by atoms with Gasteiger partial charge in [-0.1, -0.05) is 36.0 Å². The molecule has 1 atom stereocenters. The summed E-state index contributed by atoms with van der Waals surface area (Å²) < 4.78 is 34.4. The Morgan fingerprint density at radius 3 is 2.21 bits per heavy atom. The van der Waals surface area contributed by atoms with Crippen LogP contribution >= 0.6 is 27.7 Å². The van der Waals surface area contributed by atoms with E-state index in [1.807, 2.05) is 48.5 Å². The van der Waals surface area contributed by atoms with Crippen molar-refractivity contribution in [3.05, 3.63) is 71.2 Å². The third kappa shape index (κ3) is 3.93. The van der Waals surface area contributed by atoms with Gasteiger partial charge in [-0.05, 0) is 52.7 Å². The molecule has 3 aromatic rings. The van der Waals surface area contributed by atoms with Gasteiger partial charge in [0.05, 0.1) is 11.4 Å². The fraction of sp³-hybridized carbons (Fsp3) is 0.158. The Hall–Kier alpha value is -1.94. The van der Waals surface area contributed by atoms with Gasteiger partial charge in [-0.2, -0.15) is 8.42 Å². The molecule has 1 unspecified atom stereocenters. The van der Waals surface area contributed by atoms with E-state index in [1.165, 1.54) is 6.20 Å². The van der Waals surface area contributed by atoms with E-state index in [1.54, 1.807) is 17.8 Å². The van der Waals surface area contributed by atoms with Crippen LogP contribution in [0.5, 0.6) is 0 Å². The van der Waals surface area contributed by atoms with Gasteiger partial charge in [-0.25, -0.2) is 9.97 Å². The fourth-order valence-electron chi connectivity index (χ4n) is 3.19. The van der Waals surface area contributed by atoms with E-state index in [9.17, 15) is 13.0 Å². The Labute approximate surface area is 175 Å². The van der Waals surface area contributed by atoms with Crippen molar-refractivity contribution >= 4 is 49.2 Å². The monoisotopic (exact) mass is 477 g/mol. The van der Waals surface area contributed by atoms with Gasteiger partial charge >= 0.3 is 0 Å². The van der Waals surface area contributed by atoms with Crippen LogP contribution in [0.3, 0.4) is 0 Å². The molecule has 0 fully saturated rings. The van der Waals surface area contributed by atoms with Crippen molar-refractivity contribution in [2.45, 2.75) is 21.5 Å². The normalized spacial score (nSPS) is 14.3. The van der Waals surface area contributed by atoms with Gasteiger partial charge in [0.25, 0.3) is 10.1 Å². The molecule has 0 radical (unpaired) electrons. The summed E-state index contributed by atoms with van der Waals surface area (Å²) in [5.41, 5.74) is 2.02. The van der Waals surface area contributed by atoms with Crippen LogP contribution < -0.4 is 4.90 Å². The predicted octanol–water partition coefficient (Wildman–Crippen LogP) is 4.86. The smallest absolute Gasteiger partial charge is 0.275 e. The average molecular weight is 478 g/mol. The van der Waals surface area contributed by atoms with Gasteiger partial charge in [0.1, 0.15) is 15.7 Å². The average Bonchev–Trinajstić information content (AvgIpc) is 2.66. The van der Waals surface area contributed by atoms with Crippen LogP contribution in [0.4, 0.5) is 11.4 Å². The summed E-state index contributed by atoms with van der Waals surface area (Å²) in [7, 11) is -4.37. The lowest BCUT2D eigenvalue weighted by atomic mass is 10.2. The Balaban J connectivity index is 1.69. The first-order valence-electron chi connectivity index (χ1n) is 8.51. The van der Waals surface area contributed by atoms with Crippen LogP contribution in [0.25, 0.3) is 0 Å². The van der Waals surface area contributed by atoms with Crippen molar-refractivity contribution in [3.63, 3.8) is 0 Å². The van der Waals surface area contributed by atoms with Crippen LogP contribution in [-0.4, -0.2) is 29.5 Å². The molecule has 1 aliphatic heterocycles. The molecule has 144 valence electrons. The first-order valence-corrected chi connectivity index (χ1v) is 11.6. The molecule has 2 heterocycles. The molecule has 1 aliphatic rings. The lowest BCUT2D eigenvalue weighted by molar-refractivity contribution is 0.461. The second-order valence-electron chi connectivity index (χ2n) is 6.22. The third-order valence-electron chi connectivity index (χ3n) is 4.43. The molecule has 2 aromatic carbocycles. The van der Waals surface area contributed by atoms with Crippen LogP contribution in [0.15, 0.2) is 75.2 Å². The minimum atomic E-state index is -4.37. The third-order valence-corrected chi connectivity index (χ3v) is 7.17. The van der Waals surface area contributed by atoms with E-state index in [0.29, 0.717) is 11.1 Å². The van der Waals surface area contributed by atoms with E-state index in [-0.39, 0.29) is 12.2 Å². The number of para-hydroxylation sites is 2. The number of fused-ring (bicyclic) bond motifs is 2. The molecule has 4 rings (SSSR count). The maximum atomic E-state index is 12.0. The summed E-state index contributed by atoms with van der Waals surface area (Å²) in [6.45, 7) is 0.384. The van der Waals surface area contributed by atoms with Crippen molar-refractivity contribution in [2.75, 3.05) is 11.4 Å². The zero-order chi connectivity index (χ0) is 19.7. The molecule has 1 N–H and O–H groups in total. The lowest BCUT2D eigenvalue weighted by Gasteiger charge is -2.33. The van der Waals surface area contributed by atoms with Crippen molar-refractivity contribution in [1.29, 1.82) is 0 Å². The largest absolute Gasteiger partial charge is 0.340 e. The van der Waals surface area contributed by atoms with Gasteiger partial charge in [0.2, 0.25) is 0 Å². The minimum Gasteiger partial charge on any atom is -0.340 e. The van der Waals surface area contributed by atoms with E-state index in [0.717, 1.165) is 21.2 Å². The number of benzene rings is 2. The highest BCUT2D eigenvalue weighted by molar-refractivity contribution is 9.10. The second kappa shape index (κ2) is 7.82. The summed E-state index contributed by atoms with van der Waals surface area (Å²) in [6.07, 6.45) is 1.61. The molecule has 0 bridgehead atoms. The zero-order valence-corrected chi connectivity index (χ0v) is 17.8. The lowest BCUT2D eigenvalue weighted by Crippen LogP contribution is -2.26. The van der Waals surface area contributed by atoms with Gasteiger partial charge in [0.15, 0.2) is 0 Å². The van der Waals surface area contributed by atoms with Gasteiger partial charge in [-0.3, -0.25) is 4.55 Å². The van der Waals surface area contributed by atoms with Crippen molar-refractivity contribution < 1.29 is 13.0 Å². The van der Waals surface area contributed by atoms with Crippen LogP contribution in [-0.2, 0) is 10.1 Å². The van der Waals surface area contributed by atoms with E-state index >= 15 is 0 Å². The standard InChI is InChI=1S/C19H16BrN3O3S2/c20-18-9-11-21-19(22-18)17(28(24,25)26)10-12-23-13-5-1-3-7-15(13)27-16-8-4-2-6-14(16)23/h1-9,11,17H,10,12H2,(H,24,25,26). The molecule has 9 heteroatoms. The molecular formula is C19H16BrN3O3S2. The highest BCUT2D eigenvalue weighted by atomic mass is 79.9. The minimum absolute atomic E-state index is 0.0739.